The maximum Gasteiger partial charge on any atom is 0.154 e. The van der Waals surface area contributed by atoms with Gasteiger partial charge in [0.2, 0.25) is 0 Å². The maximum atomic E-state index is 10.6. The standard InChI is InChI=1S/C9H18O6/c1-7(13,5-11)9(3,15)8(2,14)6(12)4-10/h5-6,10,12-15H,4H2,1-3H3/t6-,7+,8-,9-/m1/s1. The highest BCUT2D eigenvalue weighted by molar-refractivity contribution is 5.64. The summed E-state index contributed by atoms with van der Waals surface area (Å²) in [5.74, 6) is 0. The second-order valence-electron chi connectivity index (χ2n) is 4.18. The van der Waals surface area contributed by atoms with Crippen molar-refractivity contribution in [3.8, 4) is 0 Å². The molecule has 0 aliphatic heterocycles. The zero-order valence-electron chi connectivity index (χ0n) is 9.01. The highest BCUT2D eigenvalue weighted by Gasteiger charge is 2.57. The van der Waals surface area contributed by atoms with Crippen LogP contribution in [0, 0.1) is 0 Å². The van der Waals surface area contributed by atoms with Crippen LogP contribution in [0.4, 0.5) is 0 Å². The Morgan fingerprint density at radius 1 is 1.20 bits per heavy atom. The molecule has 0 saturated carbocycles. The lowest BCUT2D eigenvalue weighted by molar-refractivity contribution is -0.248. The Labute approximate surface area is 87.8 Å². The molecule has 0 aliphatic rings. The Kier molecular flexibility index (Phi) is 4.00. The van der Waals surface area contributed by atoms with E-state index < -0.39 is 29.5 Å². The largest absolute Gasteiger partial charge is 0.394 e. The number of carbonyl (C=O) groups excluding carboxylic acids is 1. The predicted molar refractivity (Wildman–Crippen MR) is 51.0 cm³/mol. The third-order valence-corrected chi connectivity index (χ3v) is 3.02. The first kappa shape index (κ1) is 14.5. The Balaban J connectivity index is 5.26. The molecule has 0 radical (unpaired) electrons. The van der Waals surface area contributed by atoms with Crippen LogP contribution in [0.5, 0.6) is 0 Å². The third kappa shape index (κ3) is 2.19. The molecule has 0 fully saturated rings. The molecule has 90 valence electrons. The van der Waals surface area contributed by atoms with E-state index in [2.05, 4.69) is 0 Å². The van der Waals surface area contributed by atoms with Crippen LogP contribution in [0.2, 0.25) is 0 Å². The molecule has 0 unspecified atom stereocenters. The van der Waals surface area contributed by atoms with E-state index in [9.17, 15) is 25.2 Å². The van der Waals surface area contributed by atoms with Gasteiger partial charge in [0.05, 0.1) is 6.61 Å². The molecule has 6 heteroatoms. The summed E-state index contributed by atoms with van der Waals surface area (Å²) in [6.45, 7) is 2.21. The SMILES string of the molecule is C[C@@](O)([C@@](C)(O)C=O)[C@](C)(O)[C@H](O)CO. The van der Waals surface area contributed by atoms with Crippen LogP contribution in [0.25, 0.3) is 0 Å². The summed E-state index contributed by atoms with van der Waals surface area (Å²) in [6, 6.07) is 0. The Hall–Kier alpha value is -0.530. The number of hydrogen-bond donors (Lipinski definition) is 5. The molecule has 5 N–H and O–H groups in total. The molecule has 6 nitrogen and oxygen atoms in total. The molecule has 0 aromatic carbocycles. The van der Waals surface area contributed by atoms with Crippen molar-refractivity contribution in [2.24, 2.45) is 0 Å². The second-order valence-corrected chi connectivity index (χ2v) is 4.18. The van der Waals surface area contributed by atoms with Crippen LogP contribution in [0.3, 0.4) is 0 Å². The molecular weight excluding hydrogens is 204 g/mol. The van der Waals surface area contributed by atoms with Crippen molar-refractivity contribution < 1.29 is 30.3 Å². The van der Waals surface area contributed by atoms with Crippen LogP contribution < -0.4 is 0 Å². The molecule has 0 aromatic heterocycles. The van der Waals surface area contributed by atoms with Gasteiger partial charge in [-0.2, -0.15) is 0 Å². The van der Waals surface area contributed by atoms with Gasteiger partial charge in [-0.3, -0.25) is 0 Å². The fourth-order valence-corrected chi connectivity index (χ4v) is 1.13. The molecule has 0 aliphatic carbocycles. The van der Waals surface area contributed by atoms with Gasteiger partial charge in [-0.1, -0.05) is 0 Å². The summed E-state index contributed by atoms with van der Waals surface area (Å²) in [5.41, 5.74) is -6.78. The Morgan fingerprint density at radius 3 is 1.87 bits per heavy atom. The fourth-order valence-electron chi connectivity index (χ4n) is 1.13. The quantitative estimate of drug-likeness (QED) is 0.337. The van der Waals surface area contributed by atoms with Crippen LogP contribution >= 0.6 is 0 Å². The molecule has 0 bridgehead atoms. The first-order chi connectivity index (χ1) is 6.54. The molecule has 0 aromatic rings. The van der Waals surface area contributed by atoms with Crippen LogP contribution in [0.1, 0.15) is 20.8 Å². The van der Waals surface area contributed by atoms with E-state index >= 15 is 0 Å². The molecule has 0 rings (SSSR count). The monoisotopic (exact) mass is 222 g/mol. The molecule has 0 amide bonds. The molecule has 0 heterocycles. The number of aliphatic hydroxyl groups excluding tert-OH is 2. The van der Waals surface area contributed by atoms with Gasteiger partial charge < -0.3 is 30.3 Å². The van der Waals surface area contributed by atoms with E-state index in [1.165, 1.54) is 0 Å². The molecular formula is C9H18O6. The summed E-state index contributed by atoms with van der Waals surface area (Å²) in [7, 11) is 0. The van der Waals surface area contributed by atoms with Gasteiger partial charge in [-0.25, -0.2) is 0 Å². The first-order valence-corrected chi connectivity index (χ1v) is 4.47. The number of hydrogen-bond acceptors (Lipinski definition) is 6. The lowest BCUT2D eigenvalue weighted by Crippen LogP contribution is -2.69. The minimum absolute atomic E-state index is 0.0611. The van der Waals surface area contributed by atoms with Crippen molar-refractivity contribution in [2.45, 2.75) is 43.7 Å². The van der Waals surface area contributed by atoms with E-state index in [0.717, 1.165) is 20.8 Å². The van der Waals surface area contributed by atoms with Gasteiger partial charge in [0, 0.05) is 0 Å². The predicted octanol–water partition coefficient (Wildman–Crippen LogP) is -2.21. The van der Waals surface area contributed by atoms with Crippen molar-refractivity contribution in [3.63, 3.8) is 0 Å². The lowest BCUT2D eigenvalue weighted by atomic mass is 9.71. The number of carbonyl (C=O) groups is 1. The van der Waals surface area contributed by atoms with E-state index in [4.69, 9.17) is 5.11 Å². The van der Waals surface area contributed by atoms with Gasteiger partial charge in [0.25, 0.3) is 0 Å². The van der Waals surface area contributed by atoms with Crippen molar-refractivity contribution in [2.75, 3.05) is 6.61 Å². The van der Waals surface area contributed by atoms with Gasteiger partial charge in [0.1, 0.15) is 22.9 Å². The van der Waals surface area contributed by atoms with Crippen molar-refractivity contribution in [1.82, 2.24) is 0 Å². The van der Waals surface area contributed by atoms with Crippen LogP contribution in [0.15, 0.2) is 0 Å². The number of rotatable bonds is 5. The minimum atomic E-state index is -2.30. The topological polar surface area (TPSA) is 118 Å². The summed E-state index contributed by atoms with van der Waals surface area (Å²) >= 11 is 0. The first-order valence-electron chi connectivity index (χ1n) is 4.47. The van der Waals surface area contributed by atoms with Crippen LogP contribution in [-0.2, 0) is 4.79 Å². The summed E-state index contributed by atoms with van der Waals surface area (Å²) in [4.78, 5) is 10.6. The summed E-state index contributed by atoms with van der Waals surface area (Å²) in [5, 5.41) is 47.2. The molecule has 0 spiro atoms. The minimum Gasteiger partial charge on any atom is -0.394 e. The van der Waals surface area contributed by atoms with Gasteiger partial charge >= 0.3 is 0 Å². The number of aldehydes is 1. The average molecular weight is 222 g/mol. The maximum absolute atomic E-state index is 10.6. The van der Waals surface area contributed by atoms with E-state index in [0.29, 0.717) is 0 Å². The lowest BCUT2D eigenvalue weighted by Gasteiger charge is -2.46. The third-order valence-electron chi connectivity index (χ3n) is 3.02. The summed E-state index contributed by atoms with van der Waals surface area (Å²) < 4.78 is 0. The summed E-state index contributed by atoms with van der Waals surface area (Å²) in [6.07, 6.45) is -1.62. The van der Waals surface area contributed by atoms with Crippen LogP contribution in [-0.4, -0.2) is 61.3 Å². The molecule has 0 saturated heterocycles. The highest BCUT2D eigenvalue weighted by atomic mass is 16.4. The number of aliphatic hydroxyl groups is 5. The van der Waals surface area contributed by atoms with Crippen molar-refractivity contribution in [1.29, 1.82) is 0 Å². The zero-order chi connectivity index (χ0) is 12.5. The van der Waals surface area contributed by atoms with E-state index in [1.54, 1.807) is 0 Å². The molecule has 15 heavy (non-hydrogen) atoms. The smallest absolute Gasteiger partial charge is 0.154 e. The Bertz CT molecular complexity index is 233. The van der Waals surface area contributed by atoms with Crippen molar-refractivity contribution >= 4 is 6.29 Å². The van der Waals surface area contributed by atoms with Crippen molar-refractivity contribution in [3.05, 3.63) is 0 Å². The van der Waals surface area contributed by atoms with Gasteiger partial charge in [-0.05, 0) is 20.8 Å². The second kappa shape index (κ2) is 4.15. The molecule has 4 atom stereocenters. The van der Waals surface area contributed by atoms with E-state index in [1.807, 2.05) is 0 Å². The Morgan fingerprint density at radius 2 is 1.60 bits per heavy atom. The highest BCUT2D eigenvalue weighted by Crippen LogP contribution is 2.34. The normalized spacial score (nSPS) is 25.9. The fraction of sp³-hybridized carbons (Fsp3) is 0.889. The van der Waals surface area contributed by atoms with Gasteiger partial charge in [0.15, 0.2) is 6.29 Å². The van der Waals surface area contributed by atoms with Gasteiger partial charge in [-0.15, -0.1) is 0 Å². The average Bonchev–Trinajstić information content (AvgIpc) is 2.15. The zero-order valence-corrected chi connectivity index (χ0v) is 9.01. The van der Waals surface area contributed by atoms with E-state index in [-0.39, 0.29) is 6.29 Å².